The summed E-state index contributed by atoms with van der Waals surface area (Å²) in [5, 5.41) is 10.9. The van der Waals surface area contributed by atoms with Gasteiger partial charge in [0.2, 0.25) is 0 Å². The number of aliphatic hydroxyl groups is 1. The van der Waals surface area contributed by atoms with Crippen molar-refractivity contribution in [1.29, 1.82) is 0 Å². The molecule has 1 unspecified atom stereocenters. The minimum absolute atomic E-state index is 0.000560. The molecule has 8 nitrogen and oxygen atoms in total. The normalized spacial score (nSPS) is 16.8. The molecule has 0 radical (unpaired) electrons. The van der Waals surface area contributed by atoms with Crippen molar-refractivity contribution in [2.24, 2.45) is 0 Å². The fourth-order valence-corrected chi connectivity index (χ4v) is 4.70. The van der Waals surface area contributed by atoms with E-state index < -0.39 is 23.0 Å². The number of methoxy groups -OCH3 is 4. The number of hydrogen-bond acceptors (Lipinski definition) is 7. The van der Waals surface area contributed by atoms with Crippen LogP contribution in [0.1, 0.15) is 21.5 Å². The zero-order valence-electron chi connectivity index (χ0n) is 20.8. The fraction of sp³-hybridized carbons (Fsp3) is 0.214. The summed E-state index contributed by atoms with van der Waals surface area (Å²) in [6, 6.07) is 16.6. The summed E-state index contributed by atoms with van der Waals surface area (Å²) in [6.07, 6.45) is 1.26. The summed E-state index contributed by atoms with van der Waals surface area (Å²) < 4.78 is 21.4. The van der Waals surface area contributed by atoms with Gasteiger partial charge in [0.15, 0.2) is 28.6 Å². The second-order valence-electron chi connectivity index (χ2n) is 8.29. The second-order valence-corrected chi connectivity index (χ2v) is 8.69. The lowest BCUT2D eigenvalue weighted by atomic mass is 9.81. The van der Waals surface area contributed by atoms with Crippen molar-refractivity contribution in [2.75, 3.05) is 28.4 Å². The number of ketones is 1. The van der Waals surface area contributed by atoms with Gasteiger partial charge < -0.3 is 29.0 Å². The van der Waals surface area contributed by atoms with E-state index in [2.05, 4.69) is 0 Å². The zero-order valence-corrected chi connectivity index (χ0v) is 21.5. The van der Waals surface area contributed by atoms with E-state index in [1.54, 1.807) is 61.7 Å². The average molecular weight is 524 g/mol. The minimum atomic E-state index is -1.72. The van der Waals surface area contributed by atoms with E-state index in [-0.39, 0.29) is 17.1 Å². The van der Waals surface area contributed by atoms with Gasteiger partial charge in [0.1, 0.15) is 11.5 Å². The first-order valence-corrected chi connectivity index (χ1v) is 11.6. The Kier molecular flexibility index (Phi) is 7.31. The SMILES string of the molecule is COc1cccc(CN2C(=O)C(O)=CC2(C(=O)c2ccc(OC)c(Cl)c2)c2ccc(OC)c(OC)c2)c1. The van der Waals surface area contributed by atoms with Crippen molar-refractivity contribution in [3.05, 3.63) is 94.2 Å². The summed E-state index contributed by atoms with van der Waals surface area (Å²) in [7, 11) is 5.98. The molecule has 1 N–H and O–H groups in total. The molecule has 3 aromatic carbocycles. The Morgan fingerprint density at radius 2 is 1.59 bits per heavy atom. The van der Waals surface area contributed by atoms with Crippen molar-refractivity contribution in [3.8, 4) is 23.0 Å². The van der Waals surface area contributed by atoms with Crippen LogP contribution in [-0.2, 0) is 16.9 Å². The van der Waals surface area contributed by atoms with Crippen molar-refractivity contribution < 1.29 is 33.6 Å². The molecule has 0 spiro atoms. The Labute approximate surface area is 219 Å². The predicted molar refractivity (Wildman–Crippen MR) is 138 cm³/mol. The largest absolute Gasteiger partial charge is 0.503 e. The zero-order chi connectivity index (χ0) is 26.7. The average Bonchev–Trinajstić information content (AvgIpc) is 3.17. The Balaban J connectivity index is 1.94. The molecule has 3 aromatic rings. The van der Waals surface area contributed by atoms with E-state index in [4.69, 9.17) is 30.5 Å². The first-order chi connectivity index (χ1) is 17.8. The fourth-order valence-electron chi connectivity index (χ4n) is 4.45. The van der Waals surface area contributed by atoms with E-state index in [9.17, 15) is 14.7 Å². The van der Waals surface area contributed by atoms with E-state index in [0.717, 1.165) is 0 Å². The van der Waals surface area contributed by atoms with Crippen LogP contribution >= 0.6 is 11.6 Å². The molecule has 0 aliphatic carbocycles. The number of halogens is 1. The minimum Gasteiger partial charge on any atom is -0.503 e. The molecule has 9 heteroatoms. The lowest BCUT2D eigenvalue weighted by Crippen LogP contribution is -2.49. The molecule has 1 amide bonds. The molecule has 1 aliphatic rings. The highest BCUT2D eigenvalue weighted by Gasteiger charge is 2.53. The van der Waals surface area contributed by atoms with E-state index in [0.29, 0.717) is 34.1 Å². The van der Waals surface area contributed by atoms with Crippen LogP contribution in [0.4, 0.5) is 0 Å². The third-order valence-electron chi connectivity index (χ3n) is 6.29. The van der Waals surface area contributed by atoms with Gasteiger partial charge >= 0.3 is 0 Å². The van der Waals surface area contributed by atoms with Gasteiger partial charge in [-0.1, -0.05) is 29.8 Å². The van der Waals surface area contributed by atoms with Crippen LogP contribution in [-0.4, -0.2) is 50.1 Å². The van der Waals surface area contributed by atoms with Crippen LogP contribution in [0, 0.1) is 0 Å². The molecular weight excluding hydrogens is 498 g/mol. The highest BCUT2D eigenvalue weighted by molar-refractivity contribution is 6.32. The van der Waals surface area contributed by atoms with E-state index in [1.165, 1.54) is 38.4 Å². The Hall–Kier alpha value is -4.17. The van der Waals surface area contributed by atoms with E-state index in [1.807, 2.05) is 0 Å². The van der Waals surface area contributed by atoms with Crippen LogP contribution in [0.3, 0.4) is 0 Å². The maximum absolute atomic E-state index is 14.3. The van der Waals surface area contributed by atoms with Crippen molar-refractivity contribution in [2.45, 2.75) is 12.1 Å². The standard InChI is InChI=1S/C28H26ClNO7/c1-34-20-7-5-6-17(12-20)16-30-27(33)22(31)15-28(30,19-9-11-24(36-3)25(14-19)37-4)26(32)18-8-10-23(35-2)21(29)13-18/h5-15,31H,16H2,1-4H3. The maximum Gasteiger partial charge on any atom is 0.290 e. The molecule has 0 aromatic heterocycles. The number of aliphatic hydroxyl groups excluding tert-OH is 1. The van der Waals surface area contributed by atoms with Crippen LogP contribution in [0.2, 0.25) is 5.02 Å². The first kappa shape index (κ1) is 25.9. The topological polar surface area (TPSA) is 94.5 Å². The number of ether oxygens (including phenoxy) is 4. The molecule has 1 atom stereocenters. The van der Waals surface area contributed by atoms with Gasteiger partial charge in [0.05, 0.1) is 33.5 Å². The lowest BCUT2D eigenvalue weighted by Gasteiger charge is -2.37. The van der Waals surface area contributed by atoms with Crippen LogP contribution in [0.5, 0.6) is 23.0 Å². The van der Waals surface area contributed by atoms with Gasteiger partial charge in [-0.25, -0.2) is 0 Å². The number of nitrogens with zero attached hydrogens (tertiary/aromatic N) is 1. The molecule has 1 heterocycles. The van der Waals surface area contributed by atoms with Crippen molar-refractivity contribution in [1.82, 2.24) is 4.90 Å². The Bertz CT molecular complexity index is 1390. The van der Waals surface area contributed by atoms with Gasteiger partial charge in [-0.2, -0.15) is 0 Å². The number of hydrogen-bond donors (Lipinski definition) is 1. The number of carbonyl (C=O) groups is 2. The third-order valence-corrected chi connectivity index (χ3v) is 6.59. The van der Waals surface area contributed by atoms with E-state index >= 15 is 0 Å². The Morgan fingerprint density at radius 3 is 2.24 bits per heavy atom. The number of Topliss-reactive ketones (excluding diaryl/α,β-unsaturated/α-hetero) is 1. The predicted octanol–water partition coefficient (Wildman–Crippen LogP) is 4.94. The first-order valence-electron chi connectivity index (χ1n) is 11.3. The van der Waals surface area contributed by atoms with Gasteiger partial charge in [0, 0.05) is 18.2 Å². The molecule has 0 saturated heterocycles. The van der Waals surface area contributed by atoms with Gasteiger partial charge in [0.25, 0.3) is 5.91 Å². The van der Waals surface area contributed by atoms with Gasteiger partial charge in [-0.15, -0.1) is 0 Å². The summed E-state index contributed by atoms with van der Waals surface area (Å²) >= 11 is 6.34. The monoisotopic (exact) mass is 523 g/mol. The summed E-state index contributed by atoms with van der Waals surface area (Å²) in [5.74, 6) is 0.0475. The molecule has 0 saturated carbocycles. The molecule has 4 rings (SSSR count). The highest BCUT2D eigenvalue weighted by atomic mass is 35.5. The van der Waals surface area contributed by atoms with Crippen LogP contribution < -0.4 is 18.9 Å². The quantitative estimate of drug-likeness (QED) is 0.397. The maximum atomic E-state index is 14.3. The Morgan fingerprint density at radius 1 is 0.892 bits per heavy atom. The molecule has 192 valence electrons. The molecular formula is C28H26ClNO7. The number of carbonyl (C=O) groups excluding carboxylic acids is 2. The van der Waals surface area contributed by atoms with Crippen molar-refractivity contribution in [3.63, 3.8) is 0 Å². The van der Waals surface area contributed by atoms with Gasteiger partial charge in [-0.05, 0) is 53.6 Å². The van der Waals surface area contributed by atoms with Gasteiger partial charge in [-0.3, -0.25) is 9.59 Å². The number of benzene rings is 3. The lowest BCUT2D eigenvalue weighted by molar-refractivity contribution is -0.131. The van der Waals surface area contributed by atoms with Crippen LogP contribution in [0.15, 0.2) is 72.5 Å². The van der Waals surface area contributed by atoms with Crippen molar-refractivity contribution >= 4 is 23.3 Å². The van der Waals surface area contributed by atoms with Crippen LogP contribution in [0.25, 0.3) is 0 Å². The highest BCUT2D eigenvalue weighted by Crippen LogP contribution is 2.44. The molecule has 0 fully saturated rings. The summed E-state index contributed by atoms with van der Waals surface area (Å²) in [4.78, 5) is 29.0. The molecule has 0 bridgehead atoms. The molecule has 1 aliphatic heterocycles. The molecule has 37 heavy (non-hydrogen) atoms. The number of rotatable bonds is 9. The summed E-state index contributed by atoms with van der Waals surface area (Å²) in [5.41, 5.74) is -0.416. The second kappa shape index (κ2) is 10.4. The smallest absolute Gasteiger partial charge is 0.290 e. The summed E-state index contributed by atoms with van der Waals surface area (Å²) in [6.45, 7) is 0.000560. The number of amides is 1. The third kappa shape index (κ3) is 4.56.